The molecule has 2 aromatic rings. The maximum atomic E-state index is 13.1. The van der Waals surface area contributed by atoms with Crippen molar-refractivity contribution in [2.45, 2.75) is 16.0 Å². The number of anilines is 1. The van der Waals surface area contributed by atoms with E-state index in [1.807, 2.05) is 0 Å². The summed E-state index contributed by atoms with van der Waals surface area (Å²) in [4.78, 5) is 3.48. The molecule has 11 heteroatoms. The number of hydrogen-bond acceptors (Lipinski definition) is 6. The predicted molar refractivity (Wildman–Crippen MR) is 77.1 cm³/mol. The SMILES string of the molecule is Cc1nc(NS(=O)(=O)c2cccc(F)c2)sc1S(=O)(=O)Cl. The first-order valence-electron chi connectivity index (χ1n) is 5.30. The highest BCUT2D eigenvalue weighted by Crippen LogP contribution is 2.30. The molecule has 0 saturated carbocycles. The summed E-state index contributed by atoms with van der Waals surface area (Å²) in [6, 6.07) is 4.38. The van der Waals surface area contributed by atoms with Gasteiger partial charge in [0.15, 0.2) is 9.34 Å². The minimum absolute atomic E-state index is 0.0759. The van der Waals surface area contributed by atoms with Crippen molar-refractivity contribution in [3.63, 3.8) is 0 Å². The largest absolute Gasteiger partial charge is 0.272 e. The van der Waals surface area contributed by atoms with Crippen LogP contribution in [0.3, 0.4) is 0 Å². The summed E-state index contributed by atoms with van der Waals surface area (Å²) >= 11 is 0.577. The molecule has 0 fully saturated rings. The molecule has 1 N–H and O–H groups in total. The number of thiazole rings is 1. The molecule has 0 saturated heterocycles. The number of nitrogens with one attached hydrogen (secondary N) is 1. The Labute approximate surface area is 129 Å². The van der Waals surface area contributed by atoms with Crippen LogP contribution in [0.5, 0.6) is 0 Å². The van der Waals surface area contributed by atoms with Gasteiger partial charge in [-0.1, -0.05) is 17.4 Å². The van der Waals surface area contributed by atoms with Crippen LogP contribution < -0.4 is 4.72 Å². The van der Waals surface area contributed by atoms with Crippen LogP contribution in [0.4, 0.5) is 9.52 Å². The molecule has 1 heterocycles. The Balaban J connectivity index is 2.38. The Hall–Kier alpha value is -1.23. The number of rotatable bonds is 4. The number of halogens is 2. The molecular formula is C10H8ClFN2O4S3. The maximum absolute atomic E-state index is 13.1. The highest BCUT2D eigenvalue weighted by atomic mass is 35.7. The fraction of sp³-hybridized carbons (Fsp3) is 0.100. The number of aryl methyl sites for hydroxylation is 1. The second-order valence-corrected chi connectivity index (χ2v) is 9.34. The van der Waals surface area contributed by atoms with E-state index < -0.39 is 24.9 Å². The molecule has 0 bridgehead atoms. The van der Waals surface area contributed by atoms with Gasteiger partial charge in [0.1, 0.15) is 5.82 Å². The van der Waals surface area contributed by atoms with Gasteiger partial charge in [0.05, 0.1) is 10.6 Å². The van der Waals surface area contributed by atoms with Gasteiger partial charge in [-0.25, -0.2) is 26.2 Å². The fourth-order valence-electron chi connectivity index (χ4n) is 1.46. The van der Waals surface area contributed by atoms with Gasteiger partial charge in [0, 0.05) is 10.7 Å². The first kappa shape index (κ1) is 16.1. The van der Waals surface area contributed by atoms with Gasteiger partial charge in [-0.3, -0.25) is 4.72 Å². The number of aromatic nitrogens is 1. The summed E-state index contributed by atoms with van der Waals surface area (Å²) in [5.41, 5.74) is 0.0759. The predicted octanol–water partition coefficient (Wildman–Crippen LogP) is 2.32. The Kier molecular flexibility index (Phi) is 4.24. The zero-order valence-corrected chi connectivity index (χ0v) is 13.6. The minimum atomic E-state index is -4.06. The summed E-state index contributed by atoms with van der Waals surface area (Å²) < 4.78 is 61.5. The molecule has 114 valence electrons. The molecule has 0 atom stereocenters. The van der Waals surface area contributed by atoms with Crippen LogP contribution in [0.1, 0.15) is 5.69 Å². The van der Waals surface area contributed by atoms with E-state index >= 15 is 0 Å². The maximum Gasteiger partial charge on any atom is 0.272 e. The third-order valence-electron chi connectivity index (χ3n) is 2.30. The molecule has 0 amide bonds. The van der Waals surface area contributed by atoms with E-state index in [0.717, 1.165) is 12.1 Å². The fourth-order valence-corrected chi connectivity index (χ4v) is 5.08. The van der Waals surface area contributed by atoms with Crippen LogP contribution in [0, 0.1) is 12.7 Å². The molecule has 2 rings (SSSR count). The van der Waals surface area contributed by atoms with E-state index in [4.69, 9.17) is 10.7 Å². The lowest BCUT2D eigenvalue weighted by Gasteiger charge is -2.04. The quantitative estimate of drug-likeness (QED) is 0.833. The molecule has 0 spiro atoms. The molecule has 0 unspecified atom stereocenters. The molecule has 1 aromatic carbocycles. The highest BCUT2D eigenvalue weighted by molar-refractivity contribution is 8.15. The smallest absolute Gasteiger partial charge is 0.255 e. The lowest BCUT2D eigenvalue weighted by Crippen LogP contribution is -2.12. The average molecular weight is 371 g/mol. The monoisotopic (exact) mass is 370 g/mol. The van der Waals surface area contributed by atoms with Gasteiger partial charge in [-0.15, -0.1) is 0 Å². The van der Waals surface area contributed by atoms with Gasteiger partial charge in [-0.2, -0.15) is 0 Å². The molecular weight excluding hydrogens is 363 g/mol. The molecule has 0 aliphatic heterocycles. The average Bonchev–Trinajstić information content (AvgIpc) is 2.69. The van der Waals surface area contributed by atoms with Gasteiger partial charge >= 0.3 is 0 Å². The Bertz CT molecular complexity index is 893. The summed E-state index contributed by atoms with van der Waals surface area (Å²) in [6.45, 7) is 1.38. The third kappa shape index (κ3) is 3.70. The van der Waals surface area contributed by atoms with Crippen molar-refractivity contribution >= 4 is 46.2 Å². The van der Waals surface area contributed by atoms with Crippen LogP contribution in [0.25, 0.3) is 0 Å². The lowest BCUT2D eigenvalue weighted by atomic mass is 10.4. The zero-order valence-electron chi connectivity index (χ0n) is 10.4. The molecule has 1 aromatic heterocycles. The van der Waals surface area contributed by atoms with E-state index in [9.17, 15) is 21.2 Å². The van der Waals surface area contributed by atoms with Gasteiger partial charge in [0.25, 0.3) is 19.1 Å². The van der Waals surface area contributed by atoms with Crippen molar-refractivity contribution in [1.82, 2.24) is 4.98 Å². The number of nitrogens with zero attached hydrogens (tertiary/aromatic N) is 1. The molecule has 0 aliphatic rings. The van der Waals surface area contributed by atoms with Crippen LogP contribution in [0.15, 0.2) is 33.4 Å². The Morgan fingerprint density at radius 1 is 1.29 bits per heavy atom. The van der Waals surface area contributed by atoms with E-state index in [2.05, 4.69) is 9.71 Å². The normalized spacial score (nSPS) is 12.3. The molecule has 0 aliphatic carbocycles. The zero-order chi connectivity index (χ0) is 15.8. The van der Waals surface area contributed by atoms with Crippen LogP contribution in [-0.2, 0) is 19.1 Å². The number of sulfonamides is 1. The first-order chi connectivity index (χ1) is 9.59. The summed E-state index contributed by atoms with van der Waals surface area (Å²) in [7, 11) is -2.87. The topological polar surface area (TPSA) is 93.2 Å². The van der Waals surface area contributed by atoms with Crippen LogP contribution in [0.2, 0.25) is 0 Å². The standard InChI is InChI=1S/C10H8ClFN2O4S3/c1-6-9(20(11,15)16)19-10(13-6)14-21(17,18)8-4-2-3-7(12)5-8/h2-5H,1H3,(H,13,14). The second kappa shape index (κ2) is 5.52. The van der Waals surface area contributed by atoms with E-state index in [0.29, 0.717) is 11.3 Å². The van der Waals surface area contributed by atoms with E-state index in [-0.39, 0.29) is 19.9 Å². The number of benzene rings is 1. The Morgan fingerprint density at radius 3 is 2.48 bits per heavy atom. The van der Waals surface area contributed by atoms with E-state index in [1.54, 1.807) is 0 Å². The first-order valence-corrected chi connectivity index (χ1v) is 9.91. The van der Waals surface area contributed by atoms with Crippen molar-refractivity contribution in [1.29, 1.82) is 0 Å². The van der Waals surface area contributed by atoms with Crippen LogP contribution >= 0.6 is 22.0 Å². The summed E-state index contributed by atoms with van der Waals surface area (Å²) in [5, 5.41) is -0.170. The lowest BCUT2D eigenvalue weighted by molar-refractivity contribution is 0.595. The van der Waals surface area contributed by atoms with Gasteiger partial charge < -0.3 is 0 Å². The van der Waals surface area contributed by atoms with Gasteiger partial charge in [-0.05, 0) is 25.1 Å². The van der Waals surface area contributed by atoms with Crippen molar-refractivity contribution < 1.29 is 21.2 Å². The molecule has 0 radical (unpaired) electrons. The Morgan fingerprint density at radius 2 is 1.95 bits per heavy atom. The van der Waals surface area contributed by atoms with Gasteiger partial charge in [0.2, 0.25) is 0 Å². The third-order valence-corrected chi connectivity index (χ3v) is 7.02. The molecule has 21 heavy (non-hydrogen) atoms. The van der Waals surface area contributed by atoms with Crippen molar-refractivity contribution in [3.8, 4) is 0 Å². The van der Waals surface area contributed by atoms with Crippen LogP contribution in [-0.4, -0.2) is 21.8 Å². The van der Waals surface area contributed by atoms with Crippen molar-refractivity contribution in [2.75, 3.05) is 4.72 Å². The summed E-state index contributed by atoms with van der Waals surface area (Å²) in [6.07, 6.45) is 0. The number of hydrogen-bond donors (Lipinski definition) is 1. The minimum Gasteiger partial charge on any atom is -0.255 e. The highest BCUT2D eigenvalue weighted by Gasteiger charge is 2.22. The molecule has 6 nitrogen and oxygen atoms in total. The van der Waals surface area contributed by atoms with Crippen molar-refractivity contribution in [3.05, 3.63) is 35.8 Å². The second-order valence-electron chi connectivity index (χ2n) is 3.89. The van der Waals surface area contributed by atoms with Crippen molar-refractivity contribution in [2.24, 2.45) is 0 Å². The van der Waals surface area contributed by atoms with E-state index in [1.165, 1.54) is 19.1 Å². The summed E-state index contributed by atoms with van der Waals surface area (Å²) in [5.74, 6) is -0.711.